The minimum Gasteiger partial charge on any atom is -0.363 e. The molecule has 1 aliphatic heterocycles. The number of amidine groups is 1. The van der Waals surface area contributed by atoms with E-state index in [0.717, 1.165) is 18.3 Å². The predicted molar refractivity (Wildman–Crippen MR) is 81.4 cm³/mol. The second kappa shape index (κ2) is 5.41. The molecule has 2 aliphatic rings. The van der Waals surface area contributed by atoms with Gasteiger partial charge >= 0.3 is 0 Å². The van der Waals surface area contributed by atoms with Crippen LogP contribution in [-0.2, 0) is 0 Å². The normalized spacial score (nSPS) is 26.2. The number of nitrogens with zero attached hydrogens (tertiary/aromatic N) is 2. The van der Waals surface area contributed by atoms with Crippen LogP contribution in [0.2, 0.25) is 0 Å². The van der Waals surface area contributed by atoms with E-state index in [9.17, 15) is 0 Å². The Morgan fingerprint density at radius 1 is 1.28 bits per heavy atom. The Kier molecular flexibility index (Phi) is 4.27. The van der Waals surface area contributed by atoms with Gasteiger partial charge in [-0.1, -0.05) is 38.5 Å². The number of hydrogen-bond donors (Lipinski definition) is 1. The summed E-state index contributed by atoms with van der Waals surface area (Å²) in [6.45, 7) is 6.58. The van der Waals surface area contributed by atoms with Crippen molar-refractivity contribution in [2.75, 3.05) is 32.9 Å². The highest BCUT2D eigenvalue weighted by Crippen LogP contribution is 2.33. The lowest BCUT2D eigenvalue weighted by atomic mass is 9.96. The molecule has 104 valence electrons. The lowest BCUT2D eigenvalue weighted by Gasteiger charge is -2.37. The topological polar surface area (TPSA) is 27.6 Å². The first-order chi connectivity index (χ1) is 8.44. The molecule has 0 aromatic heterocycles. The van der Waals surface area contributed by atoms with Gasteiger partial charge in [-0.05, 0) is 32.4 Å². The summed E-state index contributed by atoms with van der Waals surface area (Å²) in [5.74, 6) is 1.17. The van der Waals surface area contributed by atoms with Crippen molar-refractivity contribution in [1.82, 2.24) is 10.2 Å². The molecule has 1 heterocycles. The third-order valence-corrected chi connectivity index (χ3v) is 5.77. The smallest absolute Gasteiger partial charge is 0.156 e. The number of hydrogen-bond acceptors (Lipinski definition) is 4. The van der Waals surface area contributed by atoms with Crippen molar-refractivity contribution in [3.8, 4) is 0 Å². The highest BCUT2D eigenvalue weighted by atomic mass is 32.2. The number of nitrogens with one attached hydrogen (secondary N) is 1. The average molecular weight is 269 g/mol. The lowest BCUT2D eigenvalue weighted by Crippen LogP contribution is -2.51. The maximum atomic E-state index is 4.68. The molecule has 0 radical (unpaired) electrons. The van der Waals surface area contributed by atoms with Gasteiger partial charge in [0.2, 0.25) is 0 Å². The summed E-state index contributed by atoms with van der Waals surface area (Å²) >= 11 is 1.88. The number of aliphatic imine (C=N–C) groups is 1. The lowest BCUT2D eigenvalue weighted by molar-refractivity contribution is 0.161. The molecule has 18 heavy (non-hydrogen) atoms. The maximum Gasteiger partial charge on any atom is 0.156 e. The molecule has 0 unspecified atom stereocenters. The zero-order valence-electron chi connectivity index (χ0n) is 12.3. The molecule has 0 aromatic carbocycles. The summed E-state index contributed by atoms with van der Waals surface area (Å²) in [5.41, 5.74) is 0.721. The molecule has 1 fully saturated rings. The van der Waals surface area contributed by atoms with Crippen LogP contribution >= 0.6 is 11.8 Å². The average Bonchev–Trinajstić information content (AvgIpc) is 2.78. The standard InChI is InChI=1S/C14H27N3S/c1-13(2)9-15-12(18-11-13)16-10-14(17(3)4)7-5-6-8-14/h5-11H2,1-4H3,(H,15,16). The van der Waals surface area contributed by atoms with E-state index in [0.29, 0.717) is 11.0 Å². The van der Waals surface area contributed by atoms with Crippen LogP contribution < -0.4 is 5.32 Å². The van der Waals surface area contributed by atoms with Crippen LogP contribution in [0.4, 0.5) is 0 Å². The summed E-state index contributed by atoms with van der Waals surface area (Å²) in [6.07, 6.45) is 5.37. The van der Waals surface area contributed by atoms with Gasteiger partial charge in [-0.3, -0.25) is 4.99 Å². The Balaban J connectivity index is 1.89. The van der Waals surface area contributed by atoms with Crippen LogP contribution in [0.15, 0.2) is 4.99 Å². The molecule has 0 atom stereocenters. The zero-order valence-corrected chi connectivity index (χ0v) is 13.1. The van der Waals surface area contributed by atoms with Crippen LogP contribution in [0.3, 0.4) is 0 Å². The third-order valence-electron chi connectivity index (χ3n) is 4.30. The molecule has 1 aliphatic carbocycles. The fraction of sp³-hybridized carbons (Fsp3) is 0.929. The highest BCUT2D eigenvalue weighted by Gasteiger charge is 2.36. The van der Waals surface area contributed by atoms with Crippen LogP contribution in [0, 0.1) is 5.41 Å². The molecular weight excluding hydrogens is 242 g/mol. The van der Waals surface area contributed by atoms with E-state index in [2.05, 4.69) is 43.2 Å². The fourth-order valence-electron chi connectivity index (χ4n) is 2.80. The van der Waals surface area contributed by atoms with E-state index in [1.807, 2.05) is 11.8 Å². The summed E-state index contributed by atoms with van der Waals surface area (Å²) < 4.78 is 0. The quantitative estimate of drug-likeness (QED) is 0.853. The van der Waals surface area contributed by atoms with E-state index in [1.165, 1.54) is 31.4 Å². The Morgan fingerprint density at radius 2 is 1.94 bits per heavy atom. The summed E-state index contributed by atoms with van der Waals surface area (Å²) in [6, 6.07) is 0. The van der Waals surface area contributed by atoms with Crippen molar-refractivity contribution >= 4 is 16.9 Å². The van der Waals surface area contributed by atoms with E-state index >= 15 is 0 Å². The second-order valence-electron chi connectivity index (χ2n) is 6.75. The first kappa shape index (κ1) is 14.2. The van der Waals surface area contributed by atoms with Gasteiger partial charge in [0.05, 0.1) is 0 Å². The second-order valence-corrected chi connectivity index (χ2v) is 7.72. The molecule has 0 bridgehead atoms. The zero-order chi connectivity index (χ0) is 13.2. The molecule has 3 nitrogen and oxygen atoms in total. The van der Waals surface area contributed by atoms with Crippen molar-refractivity contribution in [3.05, 3.63) is 0 Å². The summed E-state index contributed by atoms with van der Waals surface area (Å²) in [5, 5.41) is 4.75. The van der Waals surface area contributed by atoms with Crippen LogP contribution in [0.25, 0.3) is 0 Å². The molecule has 4 heteroatoms. The van der Waals surface area contributed by atoms with Crippen molar-refractivity contribution in [1.29, 1.82) is 0 Å². The number of rotatable bonds is 3. The van der Waals surface area contributed by atoms with Crippen molar-refractivity contribution in [3.63, 3.8) is 0 Å². The molecule has 1 N–H and O–H groups in total. The van der Waals surface area contributed by atoms with Crippen LogP contribution in [0.5, 0.6) is 0 Å². The van der Waals surface area contributed by atoms with Crippen molar-refractivity contribution in [2.45, 2.75) is 45.1 Å². The van der Waals surface area contributed by atoms with Gasteiger partial charge in [0.1, 0.15) is 0 Å². The molecule has 1 saturated carbocycles. The summed E-state index contributed by atoms with van der Waals surface area (Å²) in [4.78, 5) is 7.09. The van der Waals surface area contributed by atoms with Gasteiger partial charge in [-0.15, -0.1) is 0 Å². The van der Waals surface area contributed by atoms with E-state index < -0.39 is 0 Å². The molecule has 0 spiro atoms. The third kappa shape index (κ3) is 3.21. The molecule has 2 rings (SSSR count). The van der Waals surface area contributed by atoms with Crippen LogP contribution in [-0.4, -0.2) is 48.5 Å². The van der Waals surface area contributed by atoms with Gasteiger partial charge in [0.15, 0.2) is 5.17 Å². The van der Waals surface area contributed by atoms with Gasteiger partial charge in [0.25, 0.3) is 0 Å². The Hall–Kier alpha value is -0.220. The molecular formula is C14H27N3S. The predicted octanol–water partition coefficient (Wildman–Crippen LogP) is 2.58. The number of thioether (sulfide) groups is 1. The monoisotopic (exact) mass is 269 g/mol. The first-order valence-electron chi connectivity index (χ1n) is 7.02. The van der Waals surface area contributed by atoms with Gasteiger partial charge < -0.3 is 10.2 Å². The molecule has 0 aromatic rings. The SMILES string of the molecule is CN(C)C1(CNC2=NCC(C)(C)CS2)CCCC1. The molecule has 0 saturated heterocycles. The first-order valence-corrected chi connectivity index (χ1v) is 8.01. The van der Waals surface area contributed by atoms with Crippen molar-refractivity contribution < 1.29 is 0 Å². The maximum absolute atomic E-state index is 4.68. The molecule has 0 amide bonds. The van der Waals surface area contributed by atoms with Gasteiger partial charge in [0, 0.05) is 24.4 Å². The minimum atomic E-state index is 0.357. The summed E-state index contributed by atoms with van der Waals surface area (Å²) in [7, 11) is 4.43. The fourth-order valence-corrected chi connectivity index (χ4v) is 3.75. The highest BCUT2D eigenvalue weighted by molar-refractivity contribution is 8.13. The minimum absolute atomic E-state index is 0.357. The van der Waals surface area contributed by atoms with Gasteiger partial charge in [-0.25, -0.2) is 0 Å². The largest absolute Gasteiger partial charge is 0.363 e. The Morgan fingerprint density at radius 3 is 2.44 bits per heavy atom. The van der Waals surface area contributed by atoms with Gasteiger partial charge in [-0.2, -0.15) is 0 Å². The van der Waals surface area contributed by atoms with E-state index in [-0.39, 0.29) is 0 Å². The van der Waals surface area contributed by atoms with Crippen molar-refractivity contribution in [2.24, 2.45) is 10.4 Å². The van der Waals surface area contributed by atoms with E-state index in [1.54, 1.807) is 0 Å². The van der Waals surface area contributed by atoms with E-state index in [4.69, 9.17) is 0 Å². The van der Waals surface area contributed by atoms with Crippen LogP contribution in [0.1, 0.15) is 39.5 Å². The number of likely N-dealkylation sites (N-methyl/N-ethyl adjacent to an activating group) is 1. The Bertz CT molecular complexity index is 317. The Labute approximate surface area is 116 Å².